The van der Waals surface area contributed by atoms with E-state index in [4.69, 9.17) is 9.47 Å². The molecule has 4 heteroatoms. The second kappa shape index (κ2) is 6.02. The molecule has 0 radical (unpaired) electrons. The number of rotatable bonds is 2. The van der Waals surface area contributed by atoms with E-state index in [-0.39, 0.29) is 5.97 Å². The zero-order valence-corrected chi connectivity index (χ0v) is 11.7. The highest BCUT2D eigenvalue weighted by Crippen LogP contribution is 2.32. The number of carbonyl (C=O) groups excluding carboxylic acids is 1. The fraction of sp³-hybridized carbons (Fsp3) is 0.929. The Hall–Kier alpha value is -0.610. The molecule has 0 aromatic carbocycles. The third kappa shape index (κ3) is 3.04. The van der Waals surface area contributed by atoms with Crippen LogP contribution in [0.4, 0.5) is 0 Å². The molecule has 1 saturated carbocycles. The monoisotopic (exact) mass is 255 g/mol. The van der Waals surface area contributed by atoms with Crippen LogP contribution in [0.5, 0.6) is 0 Å². The van der Waals surface area contributed by atoms with E-state index >= 15 is 0 Å². The molecule has 18 heavy (non-hydrogen) atoms. The van der Waals surface area contributed by atoms with Crippen LogP contribution in [0.25, 0.3) is 0 Å². The van der Waals surface area contributed by atoms with Gasteiger partial charge >= 0.3 is 5.97 Å². The summed E-state index contributed by atoms with van der Waals surface area (Å²) in [5, 5.41) is 0. The molecule has 4 unspecified atom stereocenters. The molecule has 2 rings (SSSR count). The summed E-state index contributed by atoms with van der Waals surface area (Å²) < 4.78 is 10.3. The third-order valence-electron chi connectivity index (χ3n) is 4.65. The first-order chi connectivity index (χ1) is 8.61. The normalized spacial score (nSPS) is 38.4. The third-order valence-corrected chi connectivity index (χ3v) is 4.65. The Morgan fingerprint density at radius 1 is 1.28 bits per heavy atom. The Morgan fingerprint density at radius 3 is 2.72 bits per heavy atom. The van der Waals surface area contributed by atoms with E-state index in [1.807, 2.05) is 0 Å². The SMILES string of the molecule is COC(=O)C1CN(C2CCC(C)C(C)C2)CCO1. The lowest BCUT2D eigenvalue weighted by molar-refractivity contribution is -0.161. The maximum atomic E-state index is 11.5. The molecule has 1 saturated heterocycles. The first-order valence-electron chi connectivity index (χ1n) is 7.05. The van der Waals surface area contributed by atoms with Gasteiger partial charge in [-0.05, 0) is 31.1 Å². The molecule has 4 atom stereocenters. The second-order valence-electron chi connectivity index (χ2n) is 5.80. The molecule has 0 bridgehead atoms. The van der Waals surface area contributed by atoms with Crippen molar-refractivity contribution >= 4 is 5.97 Å². The van der Waals surface area contributed by atoms with E-state index in [0.29, 0.717) is 19.2 Å². The minimum atomic E-state index is -0.390. The Morgan fingerprint density at radius 2 is 2.06 bits per heavy atom. The van der Waals surface area contributed by atoms with Crippen LogP contribution < -0.4 is 0 Å². The van der Waals surface area contributed by atoms with E-state index in [1.54, 1.807) is 0 Å². The van der Waals surface area contributed by atoms with E-state index < -0.39 is 6.10 Å². The lowest BCUT2D eigenvalue weighted by atomic mass is 9.78. The highest BCUT2D eigenvalue weighted by atomic mass is 16.6. The van der Waals surface area contributed by atoms with Crippen LogP contribution in [-0.4, -0.2) is 49.8 Å². The summed E-state index contributed by atoms with van der Waals surface area (Å²) in [6.45, 7) is 6.96. The van der Waals surface area contributed by atoms with E-state index in [1.165, 1.54) is 26.4 Å². The summed E-state index contributed by atoms with van der Waals surface area (Å²) in [5.41, 5.74) is 0. The predicted octanol–water partition coefficient (Wildman–Crippen LogP) is 1.68. The summed E-state index contributed by atoms with van der Waals surface area (Å²) in [6, 6.07) is 0.618. The van der Waals surface area contributed by atoms with Gasteiger partial charge in [0.25, 0.3) is 0 Å². The van der Waals surface area contributed by atoms with Gasteiger partial charge in [-0.3, -0.25) is 4.90 Å². The topological polar surface area (TPSA) is 38.8 Å². The van der Waals surface area contributed by atoms with Gasteiger partial charge in [0, 0.05) is 19.1 Å². The van der Waals surface area contributed by atoms with Crippen molar-refractivity contribution in [3.05, 3.63) is 0 Å². The summed E-state index contributed by atoms with van der Waals surface area (Å²) in [6.07, 6.45) is 3.40. The van der Waals surface area contributed by atoms with Crippen LogP contribution in [0, 0.1) is 11.8 Å². The Labute approximate surface area is 110 Å². The van der Waals surface area contributed by atoms with Gasteiger partial charge in [-0.1, -0.05) is 13.8 Å². The van der Waals surface area contributed by atoms with Gasteiger partial charge in [0.05, 0.1) is 13.7 Å². The molecular formula is C14H25NO3. The van der Waals surface area contributed by atoms with Crippen molar-refractivity contribution < 1.29 is 14.3 Å². The van der Waals surface area contributed by atoms with Crippen LogP contribution in [0.1, 0.15) is 33.1 Å². The lowest BCUT2D eigenvalue weighted by Crippen LogP contribution is -2.52. The van der Waals surface area contributed by atoms with E-state index in [0.717, 1.165) is 18.4 Å². The Balaban J connectivity index is 1.90. The van der Waals surface area contributed by atoms with E-state index in [9.17, 15) is 4.79 Å². The summed E-state index contributed by atoms with van der Waals surface area (Å²) in [7, 11) is 1.43. The molecule has 0 N–H and O–H groups in total. The largest absolute Gasteiger partial charge is 0.467 e. The molecule has 0 aromatic rings. The van der Waals surface area contributed by atoms with Gasteiger partial charge in [0.1, 0.15) is 0 Å². The number of esters is 1. The number of methoxy groups -OCH3 is 1. The van der Waals surface area contributed by atoms with Crippen molar-refractivity contribution in [1.29, 1.82) is 0 Å². The molecule has 2 fully saturated rings. The first-order valence-corrected chi connectivity index (χ1v) is 7.05. The van der Waals surface area contributed by atoms with Crippen molar-refractivity contribution in [3.63, 3.8) is 0 Å². The van der Waals surface area contributed by atoms with Gasteiger partial charge in [0.15, 0.2) is 6.10 Å². The van der Waals surface area contributed by atoms with Crippen molar-refractivity contribution in [2.45, 2.75) is 45.3 Å². The van der Waals surface area contributed by atoms with Crippen molar-refractivity contribution in [3.8, 4) is 0 Å². The van der Waals surface area contributed by atoms with Crippen molar-refractivity contribution in [2.24, 2.45) is 11.8 Å². The minimum Gasteiger partial charge on any atom is -0.467 e. The highest BCUT2D eigenvalue weighted by molar-refractivity contribution is 5.74. The Bertz CT molecular complexity index is 295. The van der Waals surface area contributed by atoms with Crippen LogP contribution >= 0.6 is 0 Å². The molecule has 1 heterocycles. The number of morpholine rings is 1. The number of hydrogen-bond donors (Lipinski definition) is 0. The first kappa shape index (κ1) is 13.8. The zero-order chi connectivity index (χ0) is 13.1. The summed E-state index contributed by atoms with van der Waals surface area (Å²) in [4.78, 5) is 14.0. The predicted molar refractivity (Wildman–Crippen MR) is 69.3 cm³/mol. The van der Waals surface area contributed by atoms with Gasteiger partial charge in [-0.2, -0.15) is 0 Å². The average molecular weight is 255 g/mol. The van der Waals surface area contributed by atoms with Gasteiger partial charge in [-0.25, -0.2) is 4.79 Å². The zero-order valence-electron chi connectivity index (χ0n) is 11.7. The summed E-state index contributed by atoms with van der Waals surface area (Å²) in [5.74, 6) is 1.37. The smallest absolute Gasteiger partial charge is 0.336 e. The molecule has 0 amide bonds. The maximum Gasteiger partial charge on any atom is 0.336 e. The number of hydrogen-bond acceptors (Lipinski definition) is 4. The van der Waals surface area contributed by atoms with Gasteiger partial charge in [0.2, 0.25) is 0 Å². The quantitative estimate of drug-likeness (QED) is 0.704. The van der Waals surface area contributed by atoms with Crippen LogP contribution in [0.3, 0.4) is 0 Å². The van der Waals surface area contributed by atoms with E-state index in [2.05, 4.69) is 18.7 Å². The summed E-state index contributed by atoms with van der Waals surface area (Å²) >= 11 is 0. The lowest BCUT2D eigenvalue weighted by Gasteiger charge is -2.42. The minimum absolute atomic E-state index is 0.239. The van der Waals surface area contributed by atoms with Gasteiger partial charge in [-0.15, -0.1) is 0 Å². The average Bonchev–Trinajstić information content (AvgIpc) is 2.41. The molecular weight excluding hydrogens is 230 g/mol. The molecule has 2 aliphatic rings. The van der Waals surface area contributed by atoms with Gasteiger partial charge < -0.3 is 9.47 Å². The molecule has 1 aliphatic heterocycles. The number of nitrogens with zero attached hydrogens (tertiary/aromatic N) is 1. The van der Waals surface area contributed by atoms with Crippen LogP contribution in [0.15, 0.2) is 0 Å². The van der Waals surface area contributed by atoms with Crippen molar-refractivity contribution in [1.82, 2.24) is 4.90 Å². The second-order valence-corrected chi connectivity index (χ2v) is 5.80. The molecule has 0 spiro atoms. The Kier molecular flexibility index (Phi) is 4.62. The standard InChI is InChI=1S/C14H25NO3/c1-10-4-5-12(8-11(10)2)15-6-7-18-13(9-15)14(16)17-3/h10-13H,4-9H2,1-3H3. The van der Waals surface area contributed by atoms with Crippen molar-refractivity contribution in [2.75, 3.05) is 26.8 Å². The maximum absolute atomic E-state index is 11.5. The number of carbonyl (C=O) groups is 1. The molecule has 0 aromatic heterocycles. The molecule has 104 valence electrons. The highest BCUT2D eigenvalue weighted by Gasteiger charge is 2.34. The molecule has 1 aliphatic carbocycles. The van der Waals surface area contributed by atoms with Crippen LogP contribution in [-0.2, 0) is 14.3 Å². The fourth-order valence-electron chi connectivity index (χ4n) is 3.13. The van der Waals surface area contributed by atoms with Crippen LogP contribution in [0.2, 0.25) is 0 Å². The number of ether oxygens (including phenoxy) is 2. The fourth-order valence-corrected chi connectivity index (χ4v) is 3.13. The molecule has 4 nitrogen and oxygen atoms in total.